The molecule has 0 bridgehead atoms. The summed E-state index contributed by atoms with van der Waals surface area (Å²) < 4.78 is 27.2. The molecule has 0 radical (unpaired) electrons. The summed E-state index contributed by atoms with van der Waals surface area (Å²) in [6.07, 6.45) is 1.65. The van der Waals surface area contributed by atoms with Crippen molar-refractivity contribution in [1.82, 2.24) is 5.32 Å². The number of rotatable bonds is 8. The highest BCUT2D eigenvalue weighted by molar-refractivity contribution is 7.92. The topological polar surface area (TPSA) is 75.3 Å². The van der Waals surface area contributed by atoms with E-state index in [2.05, 4.69) is 10.0 Å². The number of halogens is 1. The van der Waals surface area contributed by atoms with E-state index in [0.29, 0.717) is 22.8 Å². The van der Waals surface area contributed by atoms with Crippen LogP contribution < -0.4 is 10.0 Å². The minimum Gasteiger partial charge on any atom is -0.352 e. The van der Waals surface area contributed by atoms with Gasteiger partial charge >= 0.3 is 0 Å². The van der Waals surface area contributed by atoms with Crippen LogP contribution in [-0.4, -0.2) is 20.9 Å². The summed E-state index contributed by atoms with van der Waals surface area (Å²) in [4.78, 5) is 12.4. The Morgan fingerprint density at radius 3 is 2.17 bits per heavy atom. The molecule has 1 amide bonds. The molecule has 0 atom stereocenters. The lowest BCUT2D eigenvalue weighted by molar-refractivity contribution is 0.0953. The van der Waals surface area contributed by atoms with Crippen LogP contribution in [0.5, 0.6) is 0 Å². The van der Waals surface area contributed by atoms with E-state index in [1.54, 1.807) is 42.5 Å². The highest BCUT2D eigenvalue weighted by Crippen LogP contribution is 2.16. The lowest BCUT2D eigenvalue weighted by Crippen LogP contribution is -2.24. The second-order valence-electron chi connectivity index (χ2n) is 6.48. The molecule has 3 rings (SSSR count). The maximum Gasteiger partial charge on any atom is 0.261 e. The summed E-state index contributed by atoms with van der Waals surface area (Å²) in [6.45, 7) is 0.545. The van der Waals surface area contributed by atoms with E-state index in [0.717, 1.165) is 12.8 Å². The predicted molar refractivity (Wildman–Crippen MR) is 116 cm³/mol. The van der Waals surface area contributed by atoms with Gasteiger partial charge in [-0.15, -0.1) is 0 Å². The third-order valence-corrected chi connectivity index (χ3v) is 5.94. The van der Waals surface area contributed by atoms with E-state index in [1.807, 2.05) is 24.3 Å². The van der Waals surface area contributed by atoms with Crippen LogP contribution in [0, 0.1) is 0 Å². The maximum absolute atomic E-state index is 12.3. The number of benzene rings is 3. The fourth-order valence-corrected chi connectivity index (χ4v) is 3.96. The zero-order chi connectivity index (χ0) is 20.7. The average Bonchev–Trinajstić information content (AvgIpc) is 2.73. The van der Waals surface area contributed by atoms with Crippen molar-refractivity contribution in [2.24, 2.45) is 0 Å². The number of hydrogen-bond acceptors (Lipinski definition) is 3. The number of amides is 1. The monoisotopic (exact) mass is 428 g/mol. The van der Waals surface area contributed by atoms with Crippen LogP contribution in [0.4, 0.5) is 5.69 Å². The Bertz CT molecular complexity index is 1050. The molecule has 7 heteroatoms. The fraction of sp³-hybridized carbons (Fsp3) is 0.136. The molecule has 0 fully saturated rings. The average molecular weight is 429 g/mol. The van der Waals surface area contributed by atoms with Gasteiger partial charge in [0.15, 0.2) is 0 Å². The number of carbonyl (C=O) groups excluding carboxylic acids is 1. The van der Waals surface area contributed by atoms with E-state index in [1.165, 1.54) is 17.7 Å². The molecule has 0 heterocycles. The first-order valence-corrected chi connectivity index (χ1v) is 11.0. The smallest absolute Gasteiger partial charge is 0.261 e. The van der Waals surface area contributed by atoms with Crippen LogP contribution in [0.3, 0.4) is 0 Å². The lowest BCUT2D eigenvalue weighted by Gasteiger charge is -2.09. The quantitative estimate of drug-likeness (QED) is 0.518. The highest BCUT2D eigenvalue weighted by atomic mass is 35.5. The molecule has 3 aromatic rings. The summed E-state index contributed by atoms with van der Waals surface area (Å²) >= 11 is 5.87. The molecule has 0 saturated carbocycles. The molecular weight excluding hydrogens is 408 g/mol. The lowest BCUT2D eigenvalue weighted by atomic mass is 10.1. The van der Waals surface area contributed by atoms with Crippen LogP contribution >= 0.6 is 11.6 Å². The maximum atomic E-state index is 12.3. The van der Waals surface area contributed by atoms with Gasteiger partial charge in [0.25, 0.3) is 15.9 Å². The van der Waals surface area contributed by atoms with Crippen LogP contribution in [0.15, 0.2) is 83.8 Å². The van der Waals surface area contributed by atoms with Gasteiger partial charge in [-0.05, 0) is 66.9 Å². The Labute approximate surface area is 175 Å². The Kier molecular flexibility index (Phi) is 6.90. The van der Waals surface area contributed by atoms with Gasteiger partial charge in [-0.2, -0.15) is 0 Å². The molecule has 5 nitrogen and oxygen atoms in total. The minimum atomic E-state index is -3.65. The van der Waals surface area contributed by atoms with Gasteiger partial charge in [0.1, 0.15) is 0 Å². The largest absolute Gasteiger partial charge is 0.352 e. The Morgan fingerprint density at radius 1 is 0.862 bits per heavy atom. The molecule has 0 unspecified atom stereocenters. The first-order chi connectivity index (χ1) is 13.9. The molecule has 0 spiro atoms. The zero-order valence-corrected chi connectivity index (χ0v) is 17.2. The number of carbonyl (C=O) groups is 1. The van der Waals surface area contributed by atoms with Gasteiger partial charge in [-0.3, -0.25) is 9.52 Å². The van der Waals surface area contributed by atoms with Crippen molar-refractivity contribution < 1.29 is 13.2 Å². The Morgan fingerprint density at radius 2 is 1.52 bits per heavy atom. The normalized spacial score (nSPS) is 11.1. The molecule has 150 valence electrons. The Balaban J connectivity index is 1.50. The van der Waals surface area contributed by atoms with Gasteiger partial charge < -0.3 is 5.32 Å². The van der Waals surface area contributed by atoms with Crippen LogP contribution in [0.25, 0.3) is 0 Å². The molecular formula is C22H21ClN2O3S. The zero-order valence-electron chi connectivity index (χ0n) is 15.6. The van der Waals surface area contributed by atoms with Crippen molar-refractivity contribution in [3.05, 3.63) is 95.0 Å². The molecule has 0 aliphatic rings. The van der Waals surface area contributed by atoms with Crippen molar-refractivity contribution in [2.75, 3.05) is 11.3 Å². The number of anilines is 1. The van der Waals surface area contributed by atoms with Gasteiger partial charge in [-0.25, -0.2) is 8.42 Å². The van der Waals surface area contributed by atoms with E-state index in [9.17, 15) is 13.2 Å². The minimum absolute atomic E-state index is 0.183. The molecule has 0 saturated heterocycles. The molecule has 3 aromatic carbocycles. The molecule has 0 aliphatic heterocycles. The first-order valence-electron chi connectivity index (χ1n) is 9.15. The third-order valence-electron chi connectivity index (χ3n) is 4.29. The van der Waals surface area contributed by atoms with Crippen LogP contribution in [0.1, 0.15) is 22.3 Å². The summed E-state index contributed by atoms with van der Waals surface area (Å²) in [5.74, 6) is -0.196. The highest BCUT2D eigenvalue weighted by Gasteiger charge is 2.13. The van der Waals surface area contributed by atoms with Gasteiger partial charge in [0.2, 0.25) is 0 Å². The number of sulfonamides is 1. The number of hydrogen-bond donors (Lipinski definition) is 2. The number of aryl methyl sites for hydroxylation is 1. The van der Waals surface area contributed by atoms with E-state index in [-0.39, 0.29) is 10.8 Å². The van der Waals surface area contributed by atoms with Gasteiger partial charge in [0, 0.05) is 22.8 Å². The summed E-state index contributed by atoms with van der Waals surface area (Å²) in [7, 11) is -3.65. The summed E-state index contributed by atoms with van der Waals surface area (Å²) in [6, 6.07) is 22.1. The van der Waals surface area contributed by atoms with E-state index in [4.69, 9.17) is 11.6 Å². The summed E-state index contributed by atoms with van der Waals surface area (Å²) in [5, 5.41) is 3.58. The fourth-order valence-electron chi connectivity index (χ4n) is 2.75. The predicted octanol–water partition coefficient (Wildman–Crippen LogP) is 4.50. The third kappa shape index (κ3) is 6.07. The molecule has 2 N–H and O–H groups in total. The van der Waals surface area contributed by atoms with Crippen molar-refractivity contribution in [3.63, 3.8) is 0 Å². The SMILES string of the molecule is O=C(NCCCc1ccc(Cl)cc1)c1ccc(NS(=O)(=O)c2ccccc2)cc1. The van der Waals surface area contributed by atoms with Crippen molar-refractivity contribution in [2.45, 2.75) is 17.7 Å². The van der Waals surface area contributed by atoms with Crippen LogP contribution in [0.2, 0.25) is 5.02 Å². The first kappa shape index (κ1) is 20.9. The van der Waals surface area contributed by atoms with E-state index < -0.39 is 10.0 Å². The second kappa shape index (κ2) is 9.58. The Hall–Kier alpha value is -2.83. The van der Waals surface area contributed by atoms with Gasteiger partial charge in [-0.1, -0.05) is 41.9 Å². The standard InChI is InChI=1S/C22H21ClN2O3S/c23-19-12-8-17(9-13-19)5-4-16-24-22(26)18-10-14-20(15-11-18)25-29(27,28)21-6-2-1-3-7-21/h1-3,6-15,25H,4-5,16H2,(H,24,26). The second-order valence-corrected chi connectivity index (χ2v) is 8.60. The summed E-state index contributed by atoms with van der Waals surface area (Å²) in [5.41, 5.74) is 2.03. The van der Waals surface area contributed by atoms with Crippen LogP contribution in [-0.2, 0) is 16.4 Å². The molecule has 0 aromatic heterocycles. The number of nitrogens with one attached hydrogen (secondary N) is 2. The van der Waals surface area contributed by atoms with Crippen molar-refractivity contribution >= 4 is 33.2 Å². The van der Waals surface area contributed by atoms with Gasteiger partial charge in [0.05, 0.1) is 4.90 Å². The van der Waals surface area contributed by atoms with Crippen molar-refractivity contribution in [3.8, 4) is 0 Å². The van der Waals surface area contributed by atoms with Crippen molar-refractivity contribution in [1.29, 1.82) is 0 Å². The molecule has 0 aliphatic carbocycles. The molecule has 29 heavy (non-hydrogen) atoms. The van der Waals surface area contributed by atoms with E-state index >= 15 is 0 Å².